The van der Waals surface area contributed by atoms with Crippen molar-refractivity contribution in [2.24, 2.45) is 5.73 Å². The van der Waals surface area contributed by atoms with Crippen LogP contribution in [0, 0.1) is 0 Å². The minimum absolute atomic E-state index is 0.0354. The Morgan fingerprint density at radius 1 is 1.05 bits per heavy atom. The maximum Gasteiger partial charge on any atom is 0.160 e. The van der Waals surface area contributed by atoms with E-state index >= 15 is 0 Å². The molecule has 2 rings (SSSR count). The van der Waals surface area contributed by atoms with Crippen molar-refractivity contribution in [2.75, 3.05) is 20.5 Å². The Balaban J connectivity index is 2.21. The lowest BCUT2D eigenvalue weighted by Crippen LogP contribution is -2.14. The first-order chi connectivity index (χ1) is 10.2. The van der Waals surface area contributed by atoms with Gasteiger partial charge in [0.25, 0.3) is 0 Å². The van der Waals surface area contributed by atoms with Crippen molar-refractivity contribution < 1.29 is 9.47 Å². The second-order valence-corrected chi connectivity index (χ2v) is 5.59. The maximum atomic E-state index is 6.38. The van der Waals surface area contributed by atoms with Crippen LogP contribution in [0.25, 0.3) is 0 Å². The van der Waals surface area contributed by atoms with E-state index in [0.717, 1.165) is 23.5 Å². The number of methoxy groups -OCH3 is 2. The zero-order chi connectivity index (χ0) is 15.2. The Labute approximate surface area is 130 Å². The minimum atomic E-state index is -0.0354. The standard InChI is InChI=1S/C17H21NO2S/c1-19-15-9-8-12(11-16(15)20-2)10-14(18)13-6-4-5-7-17(13)21-3/h4-9,11,14H,10,18H2,1-3H3. The van der Waals surface area contributed by atoms with E-state index in [-0.39, 0.29) is 6.04 Å². The quantitative estimate of drug-likeness (QED) is 0.827. The molecular formula is C17H21NO2S. The van der Waals surface area contributed by atoms with Crippen LogP contribution >= 0.6 is 11.8 Å². The zero-order valence-electron chi connectivity index (χ0n) is 12.6. The molecular weight excluding hydrogens is 282 g/mol. The van der Waals surface area contributed by atoms with Gasteiger partial charge in [0.1, 0.15) is 0 Å². The number of thioether (sulfide) groups is 1. The van der Waals surface area contributed by atoms with Crippen LogP contribution in [0.1, 0.15) is 17.2 Å². The predicted molar refractivity (Wildman–Crippen MR) is 88.4 cm³/mol. The molecule has 0 radical (unpaired) electrons. The summed E-state index contributed by atoms with van der Waals surface area (Å²) in [6.07, 6.45) is 2.83. The average molecular weight is 303 g/mol. The molecule has 1 unspecified atom stereocenters. The van der Waals surface area contributed by atoms with Crippen LogP contribution in [-0.2, 0) is 6.42 Å². The number of hydrogen-bond donors (Lipinski definition) is 1. The van der Waals surface area contributed by atoms with E-state index < -0.39 is 0 Å². The smallest absolute Gasteiger partial charge is 0.160 e. The third-order valence-electron chi connectivity index (χ3n) is 3.44. The van der Waals surface area contributed by atoms with Crippen molar-refractivity contribution >= 4 is 11.8 Å². The highest BCUT2D eigenvalue weighted by Gasteiger charge is 2.12. The van der Waals surface area contributed by atoms with E-state index in [0.29, 0.717) is 0 Å². The van der Waals surface area contributed by atoms with Gasteiger partial charge in [-0.15, -0.1) is 11.8 Å². The van der Waals surface area contributed by atoms with Crippen LogP contribution in [0.3, 0.4) is 0 Å². The summed E-state index contributed by atoms with van der Waals surface area (Å²) in [5.74, 6) is 1.47. The van der Waals surface area contributed by atoms with Crippen molar-refractivity contribution in [2.45, 2.75) is 17.4 Å². The van der Waals surface area contributed by atoms with Gasteiger partial charge >= 0.3 is 0 Å². The molecule has 0 bridgehead atoms. The molecule has 112 valence electrons. The molecule has 0 aliphatic carbocycles. The number of hydrogen-bond acceptors (Lipinski definition) is 4. The van der Waals surface area contributed by atoms with Gasteiger partial charge in [-0.2, -0.15) is 0 Å². The minimum Gasteiger partial charge on any atom is -0.493 e. The molecule has 1 atom stereocenters. The molecule has 2 aromatic carbocycles. The average Bonchev–Trinajstić information content (AvgIpc) is 2.54. The van der Waals surface area contributed by atoms with Gasteiger partial charge in [0, 0.05) is 10.9 Å². The summed E-state index contributed by atoms with van der Waals surface area (Å²) in [5.41, 5.74) is 8.70. The van der Waals surface area contributed by atoms with Gasteiger partial charge in [-0.25, -0.2) is 0 Å². The Bertz CT molecular complexity index is 601. The highest BCUT2D eigenvalue weighted by Crippen LogP contribution is 2.31. The first kappa shape index (κ1) is 15.7. The molecule has 0 aromatic heterocycles. The van der Waals surface area contributed by atoms with Gasteiger partial charge < -0.3 is 15.2 Å². The van der Waals surface area contributed by atoms with Crippen LogP contribution in [0.15, 0.2) is 47.4 Å². The molecule has 0 spiro atoms. The summed E-state index contributed by atoms with van der Waals surface area (Å²) in [5, 5.41) is 0. The Kier molecular flexibility index (Phi) is 5.53. The van der Waals surface area contributed by atoms with E-state index in [2.05, 4.69) is 18.4 Å². The summed E-state index contributed by atoms with van der Waals surface area (Å²) < 4.78 is 10.6. The van der Waals surface area contributed by atoms with Crippen LogP contribution < -0.4 is 15.2 Å². The third-order valence-corrected chi connectivity index (χ3v) is 4.25. The second-order valence-electron chi connectivity index (χ2n) is 4.74. The summed E-state index contributed by atoms with van der Waals surface area (Å²) in [4.78, 5) is 1.23. The lowest BCUT2D eigenvalue weighted by Gasteiger charge is -2.16. The fourth-order valence-corrected chi connectivity index (χ4v) is 3.01. The van der Waals surface area contributed by atoms with Gasteiger partial charge in [0.2, 0.25) is 0 Å². The number of ether oxygens (including phenoxy) is 2. The predicted octanol–water partition coefficient (Wildman–Crippen LogP) is 3.67. The van der Waals surface area contributed by atoms with Crippen LogP contribution in [0.4, 0.5) is 0 Å². The van der Waals surface area contributed by atoms with Crippen molar-refractivity contribution in [1.29, 1.82) is 0 Å². The molecule has 0 amide bonds. The summed E-state index contributed by atoms with van der Waals surface area (Å²) >= 11 is 1.72. The normalized spacial score (nSPS) is 12.0. The summed E-state index contributed by atoms with van der Waals surface area (Å²) in [6, 6.07) is 14.2. The van der Waals surface area contributed by atoms with Crippen LogP contribution in [0.5, 0.6) is 11.5 Å². The topological polar surface area (TPSA) is 44.5 Å². The van der Waals surface area contributed by atoms with Crippen molar-refractivity contribution in [3.8, 4) is 11.5 Å². The summed E-state index contributed by atoms with van der Waals surface area (Å²) in [7, 11) is 3.28. The molecule has 0 saturated heterocycles. The fraction of sp³-hybridized carbons (Fsp3) is 0.294. The molecule has 0 saturated carbocycles. The van der Waals surface area contributed by atoms with Gasteiger partial charge in [0.05, 0.1) is 14.2 Å². The van der Waals surface area contributed by atoms with Gasteiger partial charge in [-0.05, 0) is 42.0 Å². The van der Waals surface area contributed by atoms with Crippen LogP contribution in [-0.4, -0.2) is 20.5 Å². The fourth-order valence-electron chi connectivity index (χ4n) is 2.34. The van der Waals surface area contributed by atoms with Crippen molar-refractivity contribution in [3.63, 3.8) is 0 Å². The molecule has 4 heteroatoms. The molecule has 2 aromatic rings. The SMILES string of the molecule is COc1ccc(CC(N)c2ccccc2SC)cc1OC. The van der Waals surface area contributed by atoms with Crippen molar-refractivity contribution in [1.82, 2.24) is 0 Å². The number of benzene rings is 2. The zero-order valence-corrected chi connectivity index (χ0v) is 13.4. The summed E-state index contributed by atoms with van der Waals surface area (Å²) in [6.45, 7) is 0. The first-order valence-electron chi connectivity index (χ1n) is 6.79. The molecule has 3 nitrogen and oxygen atoms in total. The van der Waals surface area contributed by atoms with E-state index in [1.807, 2.05) is 30.3 Å². The van der Waals surface area contributed by atoms with Crippen LogP contribution in [0.2, 0.25) is 0 Å². The van der Waals surface area contributed by atoms with Gasteiger partial charge in [-0.1, -0.05) is 24.3 Å². The Hall–Kier alpha value is -1.65. The van der Waals surface area contributed by atoms with Gasteiger partial charge in [-0.3, -0.25) is 0 Å². The number of rotatable bonds is 6. The van der Waals surface area contributed by atoms with E-state index in [4.69, 9.17) is 15.2 Å². The molecule has 2 N–H and O–H groups in total. The van der Waals surface area contributed by atoms with Gasteiger partial charge in [0.15, 0.2) is 11.5 Å². The largest absolute Gasteiger partial charge is 0.493 e. The highest BCUT2D eigenvalue weighted by molar-refractivity contribution is 7.98. The Morgan fingerprint density at radius 2 is 1.76 bits per heavy atom. The second kappa shape index (κ2) is 7.38. The lowest BCUT2D eigenvalue weighted by atomic mass is 9.99. The Morgan fingerprint density at radius 3 is 2.43 bits per heavy atom. The monoisotopic (exact) mass is 303 g/mol. The maximum absolute atomic E-state index is 6.38. The lowest BCUT2D eigenvalue weighted by molar-refractivity contribution is 0.354. The van der Waals surface area contributed by atoms with E-state index in [1.54, 1.807) is 26.0 Å². The molecule has 21 heavy (non-hydrogen) atoms. The molecule has 0 heterocycles. The molecule has 0 aliphatic rings. The first-order valence-corrected chi connectivity index (χ1v) is 8.01. The highest BCUT2D eigenvalue weighted by atomic mass is 32.2. The van der Waals surface area contributed by atoms with E-state index in [9.17, 15) is 0 Å². The van der Waals surface area contributed by atoms with Crippen molar-refractivity contribution in [3.05, 3.63) is 53.6 Å². The third kappa shape index (κ3) is 3.71. The number of nitrogens with two attached hydrogens (primary N) is 1. The molecule has 0 fully saturated rings. The molecule has 0 aliphatic heterocycles. The van der Waals surface area contributed by atoms with E-state index in [1.165, 1.54) is 10.5 Å².